The molecule has 150 valence electrons. The van der Waals surface area contributed by atoms with Crippen molar-refractivity contribution < 1.29 is 18.7 Å². The van der Waals surface area contributed by atoms with Crippen LogP contribution in [0.15, 0.2) is 40.9 Å². The highest BCUT2D eigenvalue weighted by atomic mass is 32.1. The summed E-state index contributed by atoms with van der Waals surface area (Å²) >= 11 is 1.49. The summed E-state index contributed by atoms with van der Waals surface area (Å²) in [5.41, 5.74) is 2.49. The van der Waals surface area contributed by atoms with Crippen molar-refractivity contribution >= 4 is 28.2 Å². The van der Waals surface area contributed by atoms with E-state index in [4.69, 9.17) is 9.15 Å². The van der Waals surface area contributed by atoms with Crippen LogP contribution < -0.4 is 5.32 Å². The van der Waals surface area contributed by atoms with Crippen LogP contribution in [0.1, 0.15) is 46.0 Å². The number of carbonyl (C=O) groups excluding carboxylic acids is 2. The van der Waals surface area contributed by atoms with Gasteiger partial charge in [-0.3, -0.25) is 4.79 Å². The van der Waals surface area contributed by atoms with Gasteiger partial charge in [0.2, 0.25) is 5.91 Å². The molecule has 0 unspecified atom stereocenters. The number of anilines is 1. The maximum atomic E-state index is 12.5. The maximum absolute atomic E-state index is 12.5. The van der Waals surface area contributed by atoms with E-state index < -0.39 is 0 Å². The number of rotatable bonds is 6. The molecule has 0 saturated carbocycles. The Balaban J connectivity index is 1.42. The number of hydrogen-bond donors (Lipinski definition) is 1. The van der Waals surface area contributed by atoms with Crippen LogP contribution in [0.25, 0.3) is 11.3 Å². The van der Waals surface area contributed by atoms with Gasteiger partial charge in [0.05, 0.1) is 18.9 Å². The van der Waals surface area contributed by atoms with Crippen molar-refractivity contribution in [1.29, 1.82) is 0 Å². The largest absolute Gasteiger partial charge is 0.465 e. The number of amides is 1. The van der Waals surface area contributed by atoms with Gasteiger partial charge >= 0.3 is 5.97 Å². The molecular weight excluding hydrogens is 388 g/mol. The Morgan fingerprint density at radius 1 is 1.21 bits per heavy atom. The molecule has 29 heavy (non-hydrogen) atoms. The fourth-order valence-electron chi connectivity index (χ4n) is 3.54. The fourth-order valence-corrected chi connectivity index (χ4v) is 4.84. The van der Waals surface area contributed by atoms with Crippen molar-refractivity contribution in [3.05, 3.63) is 58.4 Å². The van der Waals surface area contributed by atoms with E-state index >= 15 is 0 Å². The van der Waals surface area contributed by atoms with Gasteiger partial charge < -0.3 is 14.5 Å². The molecule has 0 spiro atoms. The summed E-state index contributed by atoms with van der Waals surface area (Å²) in [4.78, 5) is 30.2. The van der Waals surface area contributed by atoms with Crippen molar-refractivity contribution in [2.24, 2.45) is 0 Å². The second-order valence-electron chi connectivity index (χ2n) is 6.94. The average molecular weight is 410 g/mol. The van der Waals surface area contributed by atoms with Crippen LogP contribution in [0.4, 0.5) is 5.00 Å². The van der Waals surface area contributed by atoms with E-state index in [1.165, 1.54) is 23.3 Å². The monoisotopic (exact) mass is 410 g/mol. The highest BCUT2D eigenvalue weighted by Crippen LogP contribution is 2.38. The molecule has 2 heterocycles. The number of nitrogens with zero attached hydrogens (tertiary/aromatic N) is 1. The molecule has 3 aromatic rings. The molecular formula is C22H22N2O4S. The van der Waals surface area contributed by atoms with Crippen LogP contribution >= 0.6 is 11.3 Å². The van der Waals surface area contributed by atoms with Gasteiger partial charge in [-0.2, -0.15) is 0 Å². The third kappa shape index (κ3) is 4.24. The molecule has 4 rings (SSSR count). The Labute approximate surface area is 172 Å². The van der Waals surface area contributed by atoms with E-state index in [1.54, 1.807) is 6.20 Å². The highest BCUT2D eigenvalue weighted by Gasteiger charge is 2.26. The van der Waals surface area contributed by atoms with E-state index in [9.17, 15) is 9.59 Å². The lowest BCUT2D eigenvalue weighted by atomic mass is 9.95. The van der Waals surface area contributed by atoms with Gasteiger partial charge in [-0.1, -0.05) is 30.3 Å². The normalized spacial score (nSPS) is 13.0. The zero-order chi connectivity index (χ0) is 20.2. The number of methoxy groups -OCH3 is 1. The minimum atomic E-state index is -0.389. The molecule has 0 fully saturated rings. The van der Waals surface area contributed by atoms with Gasteiger partial charge in [0.25, 0.3) is 0 Å². The number of nitrogens with one attached hydrogen (secondary N) is 1. The second kappa shape index (κ2) is 8.61. The first kappa shape index (κ1) is 19.4. The Kier molecular flexibility index (Phi) is 5.76. The Hall–Kier alpha value is -2.93. The summed E-state index contributed by atoms with van der Waals surface area (Å²) in [5, 5.41) is 3.49. The van der Waals surface area contributed by atoms with Crippen molar-refractivity contribution in [3.8, 4) is 11.3 Å². The lowest BCUT2D eigenvalue weighted by Crippen LogP contribution is -2.15. The predicted octanol–water partition coefficient (Wildman–Crippen LogP) is 4.64. The van der Waals surface area contributed by atoms with Gasteiger partial charge in [0, 0.05) is 23.3 Å². The van der Waals surface area contributed by atoms with Gasteiger partial charge in [-0.05, 0) is 31.2 Å². The molecule has 1 aliphatic rings. The topological polar surface area (TPSA) is 81.4 Å². The SMILES string of the molecule is COC(=O)c1c(NC(=O)CCc2ncc(-c3ccccc3)o2)sc2c1CCCC2. The van der Waals surface area contributed by atoms with Gasteiger partial charge in [-0.25, -0.2) is 9.78 Å². The number of aromatic nitrogens is 1. The standard InChI is InChI=1S/C22H22N2O4S/c1-27-22(26)20-15-9-5-6-10-17(15)29-21(20)24-18(25)11-12-19-23-13-16(28-19)14-7-3-2-4-8-14/h2-4,7-8,13H,5-6,9-12H2,1H3,(H,24,25). The molecule has 1 aromatic carbocycles. The third-order valence-corrected chi connectivity index (χ3v) is 6.20. The zero-order valence-corrected chi connectivity index (χ0v) is 17.0. The first-order valence-electron chi connectivity index (χ1n) is 9.68. The lowest BCUT2D eigenvalue weighted by molar-refractivity contribution is -0.116. The molecule has 0 aliphatic heterocycles. The van der Waals surface area contributed by atoms with Gasteiger partial charge in [0.1, 0.15) is 5.00 Å². The smallest absolute Gasteiger partial charge is 0.341 e. The molecule has 6 nitrogen and oxygen atoms in total. The van der Waals surface area contributed by atoms with Crippen LogP contribution in [0, 0.1) is 0 Å². The van der Waals surface area contributed by atoms with Crippen molar-refractivity contribution in [1.82, 2.24) is 4.98 Å². The van der Waals surface area contributed by atoms with E-state index in [-0.39, 0.29) is 18.3 Å². The van der Waals surface area contributed by atoms with Crippen molar-refractivity contribution in [2.75, 3.05) is 12.4 Å². The fraction of sp³-hybridized carbons (Fsp3) is 0.318. The number of carbonyl (C=O) groups is 2. The van der Waals surface area contributed by atoms with E-state index in [0.717, 1.165) is 36.8 Å². The predicted molar refractivity (Wildman–Crippen MR) is 111 cm³/mol. The Bertz CT molecular complexity index is 1020. The number of oxazole rings is 1. The third-order valence-electron chi connectivity index (χ3n) is 4.99. The molecule has 0 saturated heterocycles. The first-order valence-corrected chi connectivity index (χ1v) is 10.5. The zero-order valence-electron chi connectivity index (χ0n) is 16.2. The number of hydrogen-bond acceptors (Lipinski definition) is 6. The summed E-state index contributed by atoms with van der Waals surface area (Å²) in [6.07, 6.45) is 6.23. The lowest BCUT2D eigenvalue weighted by Gasteiger charge is -2.11. The maximum Gasteiger partial charge on any atom is 0.341 e. The minimum Gasteiger partial charge on any atom is -0.465 e. The first-order chi connectivity index (χ1) is 14.2. The van der Waals surface area contributed by atoms with E-state index in [0.29, 0.717) is 28.6 Å². The summed E-state index contributed by atoms with van der Waals surface area (Å²) in [6, 6.07) is 9.71. The van der Waals surface area contributed by atoms with Crippen molar-refractivity contribution in [3.63, 3.8) is 0 Å². The van der Waals surface area contributed by atoms with Gasteiger partial charge in [0.15, 0.2) is 11.7 Å². The summed E-state index contributed by atoms with van der Waals surface area (Å²) in [6.45, 7) is 0. The minimum absolute atomic E-state index is 0.173. The molecule has 1 aliphatic carbocycles. The van der Waals surface area contributed by atoms with Crippen LogP contribution in [0.5, 0.6) is 0 Å². The number of fused-ring (bicyclic) bond motifs is 1. The molecule has 7 heteroatoms. The quantitative estimate of drug-likeness (QED) is 0.599. The Morgan fingerprint density at radius 2 is 2.00 bits per heavy atom. The number of thiophene rings is 1. The molecule has 0 bridgehead atoms. The van der Waals surface area contributed by atoms with Crippen LogP contribution in [0.3, 0.4) is 0 Å². The second-order valence-corrected chi connectivity index (χ2v) is 8.04. The molecule has 0 atom stereocenters. The van der Waals surface area contributed by atoms with Gasteiger partial charge in [-0.15, -0.1) is 11.3 Å². The summed E-state index contributed by atoms with van der Waals surface area (Å²) in [5.74, 6) is 0.630. The molecule has 2 aromatic heterocycles. The van der Waals surface area contributed by atoms with E-state index in [1.807, 2.05) is 30.3 Å². The molecule has 1 amide bonds. The van der Waals surface area contributed by atoms with E-state index in [2.05, 4.69) is 10.3 Å². The van der Waals surface area contributed by atoms with Crippen LogP contribution in [-0.2, 0) is 28.8 Å². The number of ether oxygens (including phenoxy) is 1. The number of benzene rings is 1. The van der Waals surface area contributed by atoms with Crippen LogP contribution in [-0.4, -0.2) is 24.0 Å². The van der Waals surface area contributed by atoms with Crippen molar-refractivity contribution in [2.45, 2.75) is 38.5 Å². The number of aryl methyl sites for hydroxylation is 2. The highest BCUT2D eigenvalue weighted by molar-refractivity contribution is 7.17. The average Bonchev–Trinajstić information content (AvgIpc) is 3.37. The molecule has 1 N–H and O–H groups in total. The summed E-state index contributed by atoms with van der Waals surface area (Å²) in [7, 11) is 1.37. The summed E-state index contributed by atoms with van der Waals surface area (Å²) < 4.78 is 10.7. The number of esters is 1. The van der Waals surface area contributed by atoms with Crippen LogP contribution in [0.2, 0.25) is 0 Å². The Morgan fingerprint density at radius 3 is 2.79 bits per heavy atom. The molecule has 0 radical (unpaired) electrons.